The highest BCUT2D eigenvalue weighted by Crippen LogP contribution is 2.43. The Morgan fingerprint density at radius 2 is 1.71 bits per heavy atom. The predicted octanol–water partition coefficient (Wildman–Crippen LogP) is 1.60. The third-order valence-electron chi connectivity index (χ3n) is 5.07. The number of ether oxygens (including phenoxy) is 2. The van der Waals surface area contributed by atoms with Gasteiger partial charge in [0.1, 0.15) is 0 Å². The van der Waals surface area contributed by atoms with Gasteiger partial charge in [0.15, 0.2) is 0 Å². The van der Waals surface area contributed by atoms with E-state index in [1.165, 1.54) is 44.6 Å². The van der Waals surface area contributed by atoms with Crippen LogP contribution in [0.1, 0.15) is 45.4 Å². The first kappa shape index (κ1) is 13.8. The average molecular weight is 273 g/mol. The Labute approximate surface area is 110 Å². The number of rotatable bonds is 3. The van der Waals surface area contributed by atoms with Crippen LogP contribution in [0, 0.1) is 0 Å². The van der Waals surface area contributed by atoms with E-state index in [0.717, 1.165) is 23.5 Å². The van der Waals surface area contributed by atoms with Crippen LogP contribution in [-0.4, -0.2) is 42.7 Å². The summed E-state index contributed by atoms with van der Waals surface area (Å²) in [5, 5.41) is 0.319. The molecule has 3 atom stereocenters. The molecule has 4 heteroatoms. The summed E-state index contributed by atoms with van der Waals surface area (Å²) in [5.41, 5.74) is 0. The summed E-state index contributed by atoms with van der Waals surface area (Å²) in [5.74, 6) is 0. The van der Waals surface area contributed by atoms with E-state index in [-0.39, 0.29) is 10.4 Å². The summed E-state index contributed by atoms with van der Waals surface area (Å²) in [4.78, 5) is 0. The van der Waals surface area contributed by atoms with Crippen molar-refractivity contribution < 1.29 is 9.47 Å². The summed E-state index contributed by atoms with van der Waals surface area (Å²) in [6, 6.07) is 1.34. The maximum Gasteiger partial charge on any atom is 0.0793 e. The van der Waals surface area contributed by atoms with Crippen LogP contribution in [0.4, 0.5) is 0 Å². The molecule has 3 unspecified atom stereocenters. The Kier molecular flexibility index (Phi) is 4.50. The van der Waals surface area contributed by atoms with E-state index in [1.807, 2.05) is 0 Å². The topological polar surface area (TPSA) is 18.5 Å². The quantitative estimate of drug-likeness (QED) is 0.727. The van der Waals surface area contributed by atoms with E-state index in [4.69, 9.17) is 9.47 Å². The van der Waals surface area contributed by atoms with Crippen molar-refractivity contribution in [2.24, 2.45) is 0 Å². The zero-order chi connectivity index (χ0) is 12.4. The Morgan fingerprint density at radius 1 is 1.06 bits per heavy atom. The van der Waals surface area contributed by atoms with Gasteiger partial charge in [0, 0.05) is 23.5 Å². The molecule has 0 radical (unpaired) electrons. The van der Waals surface area contributed by atoms with Crippen LogP contribution >= 0.6 is 0 Å². The highest BCUT2D eigenvalue weighted by molar-refractivity contribution is 6.62. The lowest BCUT2D eigenvalue weighted by atomic mass is 9.96. The molecule has 0 aliphatic carbocycles. The highest BCUT2D eigenvalue weighted by Gasteiger charge is 2.54. The van der Waals surface area contributed by atoms with Crippen LogP contribution in [0.2, 0.25) is 12.6 Å². The van der Waals surface area contributed by atoms with Gasteiger partial charge in [0.25, 0.3) is 0 Å². The molecule has 100 valence electrons. The zero-order valence-electron chi connectivity index (χ0n) is 11.8. The van der Waals surface area contributed by atoms with Gasteiger partial charge < -0.3 is 9.47 Å². The van der Waals surface area contributed by atoms with Gasteiger partial charge in [0.05, 0.1) is 19.2 Å². The molecule has 2 saturated heterocycles. The lowest BCUT2D eigenvalue weighted by molar-refractivity contribution is -0.161. The lowest BCUT2D eigenvalue weighted by Crippen LogP contribution is -2.67. The van der Waals surface area contributed by atoms with Crippen molar-refractivity contribution in [1.29, 1.82) is 0 Å². The SMILES string of the molecule is CC[SiH](C)C1(C2([SiH3])CCCCO2)CCCCO1. The molecule has 2 rings (SSSR count). The van der Waals surface area contributed by atoms with E-state index in [9.17, 15) is 0 Å². The third-order valence-corrected chi connectivity index (χ3v) is 11.2. The summed E-state index contributed by atoms with van der Waals surface area (Å²) in [6.45, 7) is 6.80. The Balaban J connectivity index is 2.24. The minimum atomic E-state index is -0.851. The summed E-state index contributed by atoms with van der Waals surface area (Å²) in [6.07, 6.45) is 7.74. The normalized spacial score (nSPS) is 41.3. The van der Waals surface area contributed by atoms with Crippen molar-refractivity contribution in [2.45, 2.75) is 68.5 Å². The fourth-order valence-corrected chi connectivity index (χ4v) is 9.20. The van der Waals surface area contributed by atoms with Gasteiger partial charge in [-0.1, -0.05) is 19.5 Å². The van der Waals surface area contributed by atoms with Gasteiger partial charge in [-0.05, 0) is 38.5 Å². The summed E-state index contributed by atoms with van der Waals surface area (Å²) in [7, 11) is 0.283. The second kappa shape index (κ2) is 5.55. The minimum Gasteiger partial charge on any atom is -0.377 e. The fourth-order valence-electron chi connectivity index (χ4n) is 3.74. The molecular formula is C13H28O2Si2. The largest absolute Gasteiger partial charge is 0.377 e. The number of hydrogen-bond donors (Lipinski definition) is 0. The van der Waals surface area contributed by atoms with Gasteiger partial charge in [-0.25, -0.2) is 0 Å². The zero-order valence-corrected chi connectivity index (χ0v) is 14.9. The molecule has 0 spiro atoms. The minimum absolute atomic E-state index is 0.146. The lowest BCUT2D eigenvalue weighted by Gasteiger charge is -2.54. The second-order valence-electron chi connectivity index (χ2n) is 6.04. The van der Waals surface area contributed by atoms with Crippen LogP contribution in [0.5, 0.6) is 0 Å². The second-order valence-corrected chi connectivity index (χ2v) is 11.2. The smallest absolute Gasteiger partial charge is 0.0793 e. The summed E-state index contributed by atoms with van der Waals surface area (Å²) < 4.78 is 12.7. The molecule has 0 amide bonds. The molecule has 2 heterocycles. The molecule has 0 bridgehead atoms. The summed E-state index contributed by atoms with van der Waals surface area (Å²) >= 11 is 0. The van der Waals surface area contributed by atoms with Crippen LogP contribution in [-0.2, 0) is 9.47 Å². The van der Waals surface area contributed by atoms with Gasteiger partial charge in [0.2, 0.25) is 0 Å². The van der Waals surface area contributed by atoms with Crippen LogP contribution in [0.25, 0.3) is 0 Å². The van der Waals surface area contributed by atoms with Gasteiger partial charge in [-0.15, -0.1) is 0 Å². The van der Waals surface area contributed by atoms with E-state index < -0.39 is 8.80 Å². The first-order valence-corrected chi connectivity index (χ1v) is 11.0. The Morgan fingerprint density at radius 3 is 2.18 bits per heavy atom. The van der Waals surface area contributed by atoms with Gasteiger partial charge in [-0.2, -0.15) is 0 Å². The first-order valence-electron chi connectivity index (χ1n) is 7.42. The predicted molar refractivity (Wildman–Crippen MR) is 78.5 cm³/mol. The molecule has 0 aromatic heterocycles. The van der Waals surface area contributed by atoms with Crippen molar-refractivity contribution in [3.05, 3.63) is 0 Å². The molecule has 0 aromatic carbocycles. The Hall–Kier alpha value is 0.354. The molecule has 0 saturated carbocycles. The molecule has 2 aliphatic rings. The van der Waals surface area contributed by atoms with Crippen molar-refractivity contribution in [2.75, 3.05) is 13.2 Å². The average Bonchev–Trinajstić information content (AvgIpc) is 2.39. The van der Waals surface area contributed by atoms with E-state index in [2.05, 4.69) is 13.5 Å². The fraction of sp³-hybridized carbons (Fsp3) is 1.00. The van der Waals surface area contributed by atoms with Crippen molar-refractivity contribution >= 4 is 19.0 Å². The van der Waals surface area contributed by atoms with Crippen LogP contribution in [0.15, 0.2) is 0 Å². The Bertz CT molecular complexity index is 246. The molecule has 2 aliphatic heterocycles. The maximum atomic E-state index is 6.43. The number of hydrogen-bond acceptors (Lipinski definition) is 2. The first-order chi connectivity index (χ1) is 8.15. The highest BCUT2D eigenvalue weighted by atomic mass is 28.3. The van der Waals surface area contributed by atoms with Crippen molar-refractivity contribution in [1.82, 2.24) is 0 Å². The molecule has 2 fully saturated rings. The van der Waals surface area contributed by atoms with Gasteiger partial charge >= 0.3 is 0 Å². The molecule has 2 nitrogen and oxygen atoms in total. The van der Waals surface area contributed by atoms with Crippen LogP contribution < -0.4 is 0 Å². The van der Waals surface area contributed by atoms with Gasteiger partial charge in [-0.3, -0.25) is 0 Å². The van der Waals surface area contributed by atoms with E-state index in [0.29, 0.717) is 0 Å². The molecule has 0 aromatic rings. The molecule has 17 heavy (non-hydrogen) atoms. The monoisotopic (exact) mass is 272 g/mol. The molecule has 0 N–H and O–H groups in total. The van der Waals surface area contributed by atoms with E-state index >= 15 is 0 Å². The maximum absolute atomic E-state index is 6.43. The van der Waals surface area contributed by atoms with Crippen molar-refractivity contribution in [3.8, 4) is 0 Å². The standard InChI is InChI=1S/C13H28O2Si2/c1-3-17(2)13(9-5-7-11-15-13)12(16)8-4-6-10-14-12/h17H,3-11H2,1-2,16H3. The van der Waals surface area contributed by atoms with Crippen LogP contribution in [0.3, 0.4) is 0 Å². The van der Waals surface area contributed by atoms with Crippen molar-refractivity contribution in [3.63, 3.8) is 0 Å². The molecular weight excluding hydrogens is 244 g/mol. The third kappa shape index (κ3) is 2.41. The van der Waals surface area contributed by atoms with E-state index in [1.54, 1.807) is 0 Å².